The minimum Gasteiger partial charge on any atom is -0.385 e. The van der Waals surface area contributed by atoms with Crippen LogP contribution in [0.4, 0.5) is 0 Å². The van der Waals surface area contributed by atoms with Crippen molar-refractivity contribution in [3.8, 4) is 0 Å². The molecule has 0 amide bonds. The summed E-state index contributed by atoms with van der Waals surface area (Å²) in [4.78, 5) is 0. The van der Waals surface area contributed by atoms with Gasteiger partial charge in [0.15, 0.2) is 0 Å². The molecule has 1 aromatic carbocycles. The van der Waals surface area contributed by atoms with Gasteiger partial charge in [0.1, 0.15) is 0 Å². The Morgan fingerprint density at radius 3 is 1.88 bits per heavy atom. The van der Waals surface area contributed by atoms with E-state index in [1.54, 1.807) is 0 Å². The van der Waals surface area contributed by atoms with Crippen molar-refractivity contribution in [3.63, 3.8) is 0 Å². The van der Waals surface area contributed by atoms with Crippen molar-refractivity contribution in [2.75, 3.05) is 0 Å². The van der Waals surface area contributed by atoms with Crippen LogP contribution in [0.2, 0.25) is 0 Å². The van der Waals surface area contributed by atoms with E-state index in [9.17, 15) is 5.11 Å². The second-order valence-corrected chi connectivity index (χ2v) is 6.75. The monoisotopic (exact) mass is 232 g/mol. The first-order chi connectivity index (χ1) is 7.79. The molecule has 1 unspecified atom stereocenters. The van der Waals surface area contributed by atoms with Crippen molar-refractivity contribution in [2.24, 2.45) is 5.92 Å². The number of aliphatic hydroxyl groups is 1. The van der Waals surface area contributed by atoms with Gasteiger partial charge in [-0.25, -0.2) is 0 Å². The molecule has 1 aliphatic carbocycles. The molecule has 17 heavy (non-hydrogen) atoms. The van der Waals surface area contributed by atoms with Gasteiger partial charge in [-0.05, 0) is 35.8 Å². The lowest BCUT2D eigenvalue weighted by molar-refractivity contribution is 0.0417. The van der Waals surface area contributed by atoms with Gasteiger partial charge >= 0.3 is 0 Å². The largest absolute Gasteiger partial charge is 0.385 e. The summed E-state index contributed by atoms with van der Waals surface area (Å²) in [5.74, 6) is 0.743. The van der Waals surface area contributed by atoms with Gasteiger partial charge in [-0.3, -0.25) is 0 Å². The summed E-state index contributed by atoms with van der Waals surface area (Å²) >= 11 is 0. The highest BCUT2D eigenvalue weighted by molar-refractivity contribution is 5.30. The third kappa shape index (κ3) is 3.10. The summed E-state index contributed by atoms with van der Waals surface area (Å²) in [5, 5.41) is 10.5. The maximum atomic E-state index is 10.5. The predicted molar refractivity (Wildman–Crippen MR) is 72.1 cm³/mol. The van der Waals surface area contributed by atoms with Gasteiger partial charge in [0, 0.05) is 0 Å². The molecular formula is C16H24O. The van der Waals surface area contributed by atoms with Crippen molar-refractivity contribution in [1.29, 1.82) is 0 Å². The van der Waals surface area contributed by atoms with Gasteiger partial charge < -0.3 is 5.11 Å². The molecule has 0 aromatic heterocycles. The van der Waals surface area contributed by atoms with Crippen LogP contribution in [0.15, 0.2) is 24.3 Å². The van der Waals surface area contributed by atoms with E-state index in [0.717, 1.165) is 17.9 Å². The molecule has 1 atom stereocenters. The normalized spacial score (nSPS) is 20.1. The summed E-state index contributed by atoms with van der Waals surface area (Å²) in [6.07, 6.45) is 3.48. The van der Waals surface area contributed by atoms with Crippen LogP contribution in [0.1, 0.15) is 58.1 Å². The van der Waals surface area contributed by atoms with Gasteiger partial charge in [0.25, 0.3) is 0 Å². The molecule has 1 nitrogen and oxygen atoms in total. The molecule has 0 saturated heterocycles. The van der Waals surface area contributed by atoms with Crippen LogP contribution in [0.5, 0.6) is 0 Å². The van der Waals surface area contributed by atoms with Crippen molar-refractivity contribution in [3.05, 3.63) is 35.4 Å². The number of rotatable bonds is 3. The first-order valence-corrected chi connectivity index (χ1v) is 6.62. The highest BCUT2D eigenvalue weighted by Gasteiger charge is 2.32. The molecule has 1 aromatic rings. The lowest BCUT2D eigenvalue weighted by atomic mass is 9.84. The Morgan fingerprint density at radius 1 is 1.00 bits per heavy atom. The minimum absolute atomic E-state index is 0.181. The third-order valence-corrected chi connectivity index (χ3v) is 3.76. The molecule has 0 bridgehead atoms. The van der Waals surface area contributed by atoms with Crippen LogP contribution in [-0.4, -0.2) is 5.11 Å². The Labute approximate surface area is 105 Å². The smallest absolute Gasteiger partial charge is 0.0871 e. The van der Waals surface area contributed by atoms with E-state index < -0.39 is 5.60 Å². The highest BCUT2D eigenvalue weighted by atomic mass is 16.3. The molecular weight excluding hydrogens is 208 g/mol. The van der Waals surface area contributed by atoms with Crippen LogP contribution in [0.3, 0.4) is 0 Å². The van der Waals surface area contributed by atoms with Crippen LogP contribution in [-0.2, 0) is 11.0 Å². The molecule has 1 N–H and O–H groups in total. The molecule has 2 rings (SSSR count). The average Bonchev–Trinajstić information content (AvgIpc) is 3.00. The summed E-state index contributed by atoms with van der Waals surface area (Å²) in [7, 11) is 0. The molecule has 0 spiro atoms. The number of benzene rings is 1. The van der Waals surface area contributed by atoms with Crippen molar-refractivity contribution in [1.82, 2.24) is 0 Å². The lowest BCUT2D eigenvalue weighted by Crippen LogP contribution is -2.22. The highest BCUT2D eigenvalue weighted by Crippen LogP contribution is 2.40. The SMILES string of the molecule is CC(C)(C)c1ccc(C(C)(O)CC2CC2)cc1. The predicted octanol–water partition coefficient (Wildman–Crippen LogP) is 3.99. The van der Waals surface area contributed by atoms with E-state index in [1.165, 1.54) is 18.4 Å². The fourth-order valence-corrected chi connectivity index (χ4v) is 2.33. The van der Waals surface area contributed by atoms with E-state index in [2.05, 4.69) is 45.0 Å². The van der Waals surface area contributed by atoms with Crippen molar-refractivity contribution in [2.45, 2.75) is 58.0 Å². The second kappa shape index (κ2) is 4.13. The summed E-state index contributed by atoms with van der Waals surface area (Å²) in [6, 6.07) is 8.47. The van der Waals surface area contributed by atoms with Gasteiger partial charge in [-0.1, -0.05) is 57.9 Å². The van der Waals surface area contributed by atoms with Crippen molar-refractivity contribution >= 4 is 0 Å². The minimum atomic E-state index is -0.655. The zero-order valence-electron chi connectivity index (χ0n) is 11.5. The Bertz CT molecular complexity index is 377. The molecule has 0 heterocycles. The van der Waals surface area contributed by atoms with E-state index in [4.69, 9.17) is 0 Å². The molecule has 1 fully saturated rings. The number of hydrogen-bond donors (Lipinski definition) is 1. The molecule has 1 aliphatic rings. The average molecular weight is 232 g/mol. The zero-order chi connectivity index (χ0) is 12.7. The molecule has 0 aliphatic heterocycles. The molecule has 1 heteroatoms. The Balaban J connectivity index is 2.16. The Hall–Kier alpha value is -0.820. The number of hydrogen-bond acceptors (Lipinski definition) is 1. The second-order valence-electron chi connectivity index (χ2n) is 6.75. The van der Waals surface area contributed by atoms with Crippen LogP contribution in [0, 0.1) is 5.92 Å². The maximum Gasteiger partial charge on any atom is 0.0871 e. The zero-order valence-corrected chi connectivity index (χ0v) is 11.5. The fraction of sp³-hybridized carbons (Fsp3) is 0.625. The Kier molecular flexibility index (Phi) is 3.07. The van der Waals surface area contributed by atoms with Gasteiger partial charge in [0.2, 0.25) is 0 Å². The standard InChI is InChI=1S/C16H24O/c1-15(2,3)13-7-9-14(10-8-13)16(4,17)11-12-5-6-12/h7-10,12,17H,5-6,11H2,1-4H3. The van der Waals surface area contributed by atoms with Gasteiger partial charge in [0.05, 0.1) is 5.60 Å². The third-order valence-electron chi connectivity index (χ3n) is 3.76. The maximum absolute atomic E-state index is 10.5. The van der Waals surface area contributed by atoms with E-state index in [-0.39, 0.29) is 5.41 Å². The Morgan fingerprint density at radius 2 is 1.47 bits per heavy atom. The van der Waals surface area contributed by atoms with Crippen LogP contribution >= 0.6 is 0 Å². The fourth-order valence-electron chi connectivity index (χ4n) is 2.33. The summed E-state index contributed by atoms with van der Waals surface area (Å²) in [6.45, 7) is 8.58. The van der Waals surface area contributed by atoms with E-state index in [1.807, 2.05) is 6.92 Å². The van der Waals surface area contributed by atoms with E-state index >= 15 is 0 Å². The lowest BCUT2D eigenvalue weighted by Gasteiger charge is -2.25. The van der Waals surface area contributed by atoms with Gasteiger partial charge in [-0.15, -0.1) is 0 Å². The van der Waals surface area contributed by atoms with Crippen LogP contribution < -0.4 is 0 Å². The topological polar surface area (TPSA) is 20.2 Å². The molecule has 94 valence electrons. The quantitative estimate of drug-likeness (QED) is 0.835. The van der Waals surface area contributed by atoms with E-state index in [0.29, 0.717) is 0 Å². The first kappa shape index (κ1) is 12.6. The summed E-state index contributed by atoms with van der Waals surface area (Å²) in [5.41, 5.74) is 1.90. The molecule has 0 radical (unpaired) electrons. The summed E-state index contributed by atoms with van der Waals surface area (Å²) < 4.78 is 0. The van der Waals surface area contributed by atoms with Gasteiger partial charge in [-0.2, -0.15) is 0 Å². The van der Waals surface area contributed by atoms with Crippen molar-refractivity contribution < 1.29 is 5.11 Å². The molecule has 1 saturated carbocycles. The van der Waals surface area contributed by atoms with Crippen LogP contribution in [0.25, 0.3) is 0 Å². The first-order valence-electron chi connectivity index (χ1n) is 6.62.